The topological polar surface area (TPSA) is 493 Å². The third-order valence-corrected chi connectivity index (χ3v) is 19.8. The van der Waals surface area contributed by atoms with Crippen molar-refractivity contribution in [3.8, 4) is 0 Å². The van der Waals surface area contributed by atoms with Crippen LogP contribution in [-0.2, 0) is 89.4 Å². The van der Waals surface area contributed by atoms with Crippen LogP contribution < -0.4 is 75.3 Å². The average Bonchev–Trinajstić information content (AvgIpc) is 1.67. The summed E-state index contributed by atoms with van der Waals surface area (Å²) in [5.74, 6) is -9.96. The van der Waals surface area contributed by atoms with E-state index >= 15 is 4.79 Å². The van der Waals surface area contributed by atoms with Crippen molar-refractivity contribution in [2.45, 2.75) is 171 Å². The first-order valence-corrected chi connectivity index (χ1v) is 38.4. The number of carbonyl (C=O) groups excluding carboxylic acids is 12. The van der Waals surface area contributed by atoms with Gasteiger partial charge in [-0.05, 0) is 75.8 Å². The van der Waals surface area contributed by atoms with E-state index in [1.165, 1.54) is 16.7 Å². The van der Waals surface area contributed by atoms with Gasteiger partial charge in [-0.1, -0.05) is 65.6 Å². The van der Waals surface area contributed by atoms with Crippen LogP contribution in [0.4, 0.5) is 0 Å². The number of nitrogens with one attached hydrogen (secondary N) is 12. The molecule has 3 saturated heterocycles. The number of fused-ring (bicyclic) bond motifs is 7. The number of nitrogens with zero attached hydrogens (tertiary/aromatic N) is 2. The van der Waals surface area contributed by atoms with E-state index in [2.05, 4.69) is 63.8 Å². The number of unbranched alkanes of at least 4 members (excludes halogenated alkanes) is 1. The van der Waals surface area contributed by atoms with Crippen LogP contribution in [0.15, 0.2) is 24.3 Å². The highest BCUT2D eigenvalue weighted by atomic mass is 33.1. The van der Waals surface area contributed by atoms with Crippen LogP contribution in [0.1, 0.15) is 115 Å². The third-order valence-electron chi connectivity index (χ3n) is 17.4. The van der Waals surface area contributed by atoms with E-state index in [4.69, 9.17) is 25.7 Å². The lowest BCUT2D eigenvalue weighted by Gasteiger charge is -2.33. The van der Waals surface area contributed by atoms with Gasteiger partial charge in [-0.25, -0.2) is 0 Å². The van der Waals surface area contributed by atoms with E-state index < -0.39 is 132 Å². The highest BCUT2D eigenvalue weighted by molar-refractivity contribution is 8.76. The molecule has 34 nitrogen and oxygen atoms in total. The zero-order valence-electron chi connectivity index (χ0n) is 59.3. The monoisotopic (exact) mass is 1490 g/mol. The number of carbonyl (C=O) groups is 13. The first kappa shape index (κ1) is 86.4. The van der Waals surface area contributed by atoms with E-state index in [9.17, 15) is 67.7 Å². The molecule has 578 valence electrons. The molecule has 0 spiro atoms. The summed E-state index contributed by atoms with van der Waals surface area (Å²) in [6, 6.07) is -3.97. The van der Waals surface area contributed by atoms with Crippen LogP contribution in [0.3, 0.4) is 0 Å². The molecule has 0 saturated carbocycles. The summed E-state index contributed by atoms with van der Waals surface area (Å²) < 4.78 is 16.8. The predicted molar refractivity (Wildman–Crippen MR) is 383 cm³/mol. The number of aliphatic carboxylic acids is 1. The smallest absolute Gasteiger partial charge is 0.305 e. The van der Waals surface area contributed by atoms with Gasteiger partial charge in [-0.2, -0.15) is 0 Å². The fourth-order valence-electron chi connectivity index (χ4n) is 11.8. The summed E-state index contributed by atoms with van der Waals surface area (Å²) >= 11 is 0. The molecule has 0 aliphatic carbocycles. The molecule has 0 aromatic heterocycles. The second-order valence-electron chi connectivity index (χ2n) is 25.6. The van der Waals surface area contributed by atoms with Gasteiger partial charge in [0.15, 0.2) is 0 Å². The lowest BCUT2D eigenvalue weighted by atomic mass is 10.00. The number of benzene rings is 1. The average molecular weight is 1490 g/mol. The Kier molecular flexibility index (Phi) is 40.8. The van der Waals surface area contributed by atoms with Gasteiger partial charge in [0.05, 0.1) is 44.9 Å². The molecule has 18 N–H and O–H groups in total. The van der Waals surface area contributed by atoms with Gasteiger partial charge in [0.1, 0.15) is 48.3 Å². The molecule has 5 rings (SSSR count). The number of rotatable bonds is 37. The molecule has 1 aromatic rings. The largest absolute Gasteiger partial charge is 0.481 e. The molecule has 4 heterocycles. The molecule has 36 heteroatoms. The summed E-state index contributed by atoms with van der Waals surface area (Å²) in [7, 11) is 2.02. The maximum atomic E-state index is 15.1. The second kappa shape index (κ2) is 48.7. The van der Waals surface area contributed by atoms with Crippen LogP contribution in [0.5, 0.6) is 0 Å². The Hall–Kier alpha value is -7.29. The Bertz CT molecular complexity index is 2920. The van der Waals surface area contributed by atoms with E-state index in [1.807, 2.05) is 13.0 Å². The maximum Gasteiger partial charge on any atom is 0.305 e. The van der Waals surface area contributed by atoms with Gasteiger partial charge in [0, 0.05) is 129 Å². The van der Waals surface area contributed by atoms with Crippen LogP contribution in [0.25, 0.3) is 0 Å². The Morgan fingerprint density at radius 1 is 0.641 bits per heavy atom. The number of ether oxygens (including phenoxy) is 3. The summed E-state index contributed by atoms with van der Waals surface area (Å²) in [5.41, 5.74) is 12.5. The molecule has 12 amide bonds. The Labute approximate surface area is 609 Å². The van der Waals surface area contributed by atoms with Gasteiger partial charge in [-0.3, -0.25) is 62.3 Å². The molecule has 4 aliphatic heterocycles. The van der Waals surface area contributed by atoms with Crippen molar-refractivity contribution < 1.29 is 86.8 Å². The van der Waals surface area contributed by atoms with Crippen molar-refractivity contribution in [2.75, 3.05) is 130 Å². The predicted octanol–water partition coefficient (Wildman–Crippen LogP) is -4.32. The second-order valence-corrected chi connectivity index (χ2v) is 28.2. The number of aliphatic hydroxyl groups is 1. The molecule has 103 heavy (non-hydrogen) atoms. The number of nitrogens with two attached hydrogens (primary N) is 2. The molecule has 0 radical (unpaired) electrons. The van der Waals surface area contributed by atoms with Crippen molar-refractivity contribution in [3.05, 3.63) is 35.4 Å². The molecule has 9 atom stereocenters. The number of hydrogen-bond donors (Lipinski definition) is 16. The fraction of sp³-hybridized carbons (Fsp3) is 0.716. The van der Waals surface area contributed by atoms with Gasteiger partial charge in [0.25, 0.3) is 0 Å². The van der Waals surface area contributed by atoms with Crippen molar-refractivity contribution in [2.24, 2.45) is 17.4 Å². The standard InChI is InChI=1S/C67H110N16O18S2/c1-3-4-12-47(76-56(87)18-17-55(86)72-23-8-31-99-33-35-101-36-34-100-32-9-24-74-59(90)46(39-70-27-21-68)40-71-28-22-69)61(92)80-51-42-103-102-41-50(60(91)75-26-20-57(88)89)79-63(94)49-38-45-11-5-10-44(37-45)19-25-73-54(85)16-15-48(62(93)78-49)77-65(96)58(43(2)84)81-64(95)52-13-6-29-82(52)67(98)53-14-7-30-83(53)66(51)97/h5,10-11,37,43,46-53,58,70-71,84H,3-4,6-9,12-36,38-42,68-69H2,1-2H3,(H,72,86)(H,73,85)(H,74,90)(H,75,91)(H,76,87)(H,77,96)(H,78,93)(H,79,94)(H,80,92)(H,81,95)(H,88,89)/t43-,47+,48+,49+,50+,51+,52+,53+,58+/m1/s1. The summed E-state index contributed by atoms with van der Waals surface area (Å²) in [4.78, 5) is 183. The van der Waals surface area contributed by atoms with Crippen molar-refractivity contribution in [1.82, 2.24) is 73.6 Å². The number of carboxylic acid groups (broad SMARTS) is 1. The molecule has 1 aromatic carbocycles. The van der Waals surface area contributed by atoms with Crippen LogP contribution in [0.2, 0.25) is 0 Å². The summed E-state index contributed by atoms with van der Waals surface area (Å²) in [6.07, 6.45) is 0.447. The maximum absolute atomic E-state index is 15.1. The van der Waals surface area contributed by atoms with Crippen LogP contribution in [-0.4, -0.2) is 281 Å². The van der Waals surface area contributed by atoms with E-state index in [0.29, 0.717) is 136 Å². The van der Waals surface area contributed by atoms with E-state index in [-0.39, 0.29) is 107 Å². The zero-order chi connectivity index (χ0) is 74.9. The van der Waals surface area contributed by atoms with Crippen molar-refractivity contribution in [3.63, 3.8) is 0 Å². The van der Waals surface area contributed by atoms with Gasteiger partial charge >= 0.3 is 5.97 Å². The minimum Gasteiger partial charge on any atom is -0.481 e. The molecule has 4 bridgehead atoms. The lowest BCUT2D eigenvalue weighted by molar-refractivity contribution is -0.148. The Morgan fingerprint density at radius 3 is 1.91 bits per heavy atom. The van der Waals surface area contributed by atoms with Crippen LogP contribution in [0, 0.1) is 5.92 Å². The van der Waals surface area contributed by atoms with Crippen LogP contribution >= 0.6 is 21.6 Å². The first-order chi connectivity index (χ1) is 49.6. The molecular weight excluding hydrogens is 1380 g/mol. The quantitative estimate of drug-likeness (QED) is 0.0221. The number of carboxylic acids is 1. The van der Waals surface area contributed by atoms with Crippen molar-refractivity contribution in [1.29, 1.82) is 0 Å². The molecule has 0 unspecified atom stereocenters. The summed E-state index contributed by atoms with van der Waals surface area (Å²) in [6.45, 7) is 9.17. The SMILES string of the molecule is CCCC[C@H](NC(=O)CCC(=O)NCCCOCCOCCOCCCNC(=O)C(CNCCN)CNCCN)C(=O)N[C@H]1CSSC[C@@H](C(=O)NCCC(=O)O)NC(=O)[C@@H]2Cc3cccc(c3)CCNC(=O)CC[C@H](NC(=O)[C@H]([C@@H](C)O)NC(=O)[C@@H]3CCCN3C(=O)[C@@H]3CCCN3C1=O)C(=O)N2. The van der Waals surface area contributed by atoms with E-state index in [1.54, 1.807) is 18.2 Å². The highest BCUT2D eigenvalue weighted by Crippen LogP contribution is 2.29. The minimum atomic E-state index is -1.71. The van der Waals surface area contributed by atoms with Crippen molar-refractivity contribution >= 4 is 98.4 Å². The Balaban J connectivity index is 1.23. The highest BCUT2D eigenvalue weighted by Gasteiger charge is 2.45. The molecule has 3 fully saturated rings. The van der Waals surface area contributed by atoms with Gasteiger partial charge < -0.3 is 109 Å². The normalized spacial score (nSPS) is 21.8. The molecular formula is C67H110N16O18S2. The Morgan fingerprint density at radius 2 is 1.25 bits per heavy atom. The molecule has 4 aliphatic rings. The third kappa shape index (κ3) is 31.9. The first-order valence-electron chi connectivity index (χ1n) is 35.9. The van der Waals surface area contributed by atoms with E-state index in [0.717, 1.165) is 27.2 Å². The lowest BCUT2D eigenvalue weighted by Crippen LogP contribution is -2.61. The number of amides is 12. The zero-order valence-corrected chi connectivity index (χ0v) is 61.0. The van der Waals surface area contributed by atoms with Gasteiger partial charge in [-0.15, -0.1) is 0 Å². The minimum absolute atomic E-state index is 0.0651. The van der Waals surface area contributed by atoms with Gasteiger partial charge in [0.2, 0.25) is 70.9 Å². The number of aliphatic hydroxyl groups excluding tert-OH is 1. The number of hydrogen-bond acceptors (Lipinski definition) is 23. The fourth-order valence-corrected chi connectivity index (χ4v) is 14.1. The summed E-state index contributed by atoms with van der Waals surface area (Å²) in [5, 5.41) is 53.9.